The minimum Gasteiger partial charge on any atom is -0.311 e. The van der Waals surface area contributed by atoms with Crippen LogP contribution in [0.25, 0.3) is 6.08 Å². The highest BCUT2D eigenvalue weighted by atomic mass is 19.1. The van der Waals surface area contributed by atoms with Crippen LogP contribution in [0, 0.1) is 5.82 Å². The van der Waals surface area contributed by atoms with Crippen LogP contribution >= 0.6 is 0 Å². The Balaban J connectivity index is 1.99. The fourth-order valence-electron chi connectivity index (χ4n) is 1.68. The molecule has 74 valence electrons. The predicted molar refractivity (Wildman–Crippen MR) is 56.5 cm³/mol. The van der Waals surface area contributed by atoms with Crippen molar-refractivity contribution in [3.05, 3.63) is 41.7 Å². The third kappa shape index (κ3) is 2.42. The van der Waals surface area contributed by atoms with Gasteiger partial charge in [-0.15, -0.1) is 0 Å². The summed E-state index contributed by atoms with van der Waals surface area (Å²) in [5, 5.41) is 3.38. The molecule has 0 spiro atoms. The van der Waals surface area contributed by atoms with Crippen molar-refractivity contribution in [2.75, 3.05) is 6.54 Å². The molecule has 1 fully saturated rings. The van der Waals surface area contributed by atoms with Crippen molar-refractivity contribution in [3.8, 4) is 0 Å². The summed E-state index contributed by atoms with van der Waals surface area (Å²) in [7, 11) is 0. The zero-order chi connectivity index (χ0) is 9.80. The first-order chi connectivity index (χ1) is 6.84. The van der Waals surface area contributed by atoms with Gasteiger partial charge in [-0.1, -0.05) is 24.3 Å². The molecule has 0 unspecified atom stereocenters. The van der Waals surface area contributed by atoms with Crippen molar-refractivity contribution in [2.24, 2.45) is 0 Å². The van der Waals surface area contributed by atoms with Crippen molar-refractivity contribution in [1.29, 1.82) is 0 Å². The Morgan fingerprint density at radius 1 is 1.29 bits per heavy atom. The Morgan fingerprint density at radius 3 is 2.71 bits per heavy atom. The summed E-state index contributed by atoms with van der Waals surface area (Å²) in [6.07, 6.45) is 6.65. The largest absolute Gasteiger partial charge is 0.311 e. The van der Waals surface area contributed by atoms with Gasteiger partial charge in [-0.3, -0.25) is 0 Å². The summed E-state index contributed by atoms with van der Waals surface area (Å²) in [6.45, 7) is 1.11. The van der Waals surface area contributed by atoms with Crippen LogP contribution < -0.4 is 5.32 Å². The monoisotopic (exact) mass is 191 g/mol. The van der Waals surface area contributed by atoms with Crippen molar-refractivity contribution >= 4 is 6.08 Å². The van der Waals surface area contributed by atoms with E-state index < -0.39 is 0 Å². The maximum Gasteiger partial charge on any atom is 0.123 e. The molecule has 1 aromatic rings. The van der Waals surface area contributed by atoms with E-state index in [0.717, 1.165) is 12.1 Å². The van der Waals surface area contributed by atoms with Crippen LogP contribution in [-0.2, 0) is 0 Å². The SMILES string of the molecule is Fc1ccc(/C=C/[C@H]2CCCN2)cc1. The lowest BCUT2D eigenvalue weighted by atomic mass is 10.1. The molecule has 0 bridgehead atoms. The Hall–Kier alpha value is -1.15. The highest BCUT2D eigenvalue weighted by Gasteiger charge is 2.09. The maximum absolute atomic E-state index is 12.6. The normalized spacial score (nSPS) is 21.9. The van der Waals surface area contributed by atoms with Gasteiger partial charge in [0.1, 0.15) is 5.82 Å². The van der Waals surface area contributed by atoms with Gasteiger partial charge in [0.15, 0.2) is 0 Å². The molecule has 1 aliphatic rings. The first kappa shape index (κ1) is 9.41. The molecule has 2 rings (SSSR count). The van der Waals surface area contributed by atoms with Gasteiger partial charge >= 0.3 is 0 Å². The highest BCUT2D eigenvalue weighted by Crippen LogP contribution is 2.09. The lowest BCUT2D eigenvalue weighted by Crippen LogP contribution is -2.17. The molecule has 1 nitrogen and oxygen atoms in total. The molecular formula is C12H14FN. The van der Waals surface area contributed by atoms with Gasteiger partial charge in [-0.05, 0) is 37.1 Å². The van der Waals surface area contributed by atoms with Gasteiger partial charge in [-0.2, -0.15) is 0 Å². The van der Waals surface area contributed by atoms with E-state index in [1.807, 2.05) is 6.08 Å². The molecule has 2 heteroatoms. The topological polar surface area (TPSA) is 12.0 Å². The first-order valence-electron chi connectivity index (χ1n) is 5.02. The molecule has 0 aliphatic carbocycles. The van der Waals surface area contributed by atoms with Crippen molar-refractivity contribution in [1.82, 2.24) is 5.32 Å². The third-order valence-electron chi connectivity index (χ3n) is 2.49. The smallest absolute Gasteiger partial charge is 0.123 e. The molecule has 0 amide bonds. The van der Waals surface area contributed by atoms with Gasteiger partial charge < -0.3 is 5.32 Å². The molecule has 0 saturated carbocycles. The Bertz CT molecular complexity index is 310. The lowest BCUT2D eigenvalue weighted by molar-refractivity contribution is 0.628. The van der Waals surface area contributed by atoms with E-state index >= 15 is 0 Å². The summed E-state index contributed by atoms with van der Waals surface area (Å²) in [5.41, 5.74) is 1.06. The minimum atomic E-state index is -0.179. The summed E-state index contributed by atoms with van der Waals surface area (Å²) >= 11 is 0. The first-order valence-corrected chi connectivity index (χ1v) is 5.02. The fraction of sp³-hybridized carbons (Fsp3) is 0.333. The highest BCUT2D eigenvalue weighted by molar-refractivity contribution is 5.49. The average Bonchev–Trinajstić information content (AvgIpc) is 2.70. The number of halogens is 1. The predicted octanol–water partition coefficient (Wildman–Crippen LogP) is 2.59. The molecule has 1 N–H and O–H groups in total. The number of benzene rings is 1. The molecule has 1 saturated heterocycles. The minimum absolute atomic E-state index is 0.179. The average molecular weight is 191 g/mol. The summed E-state index contributed by atoms with van der Waals surface area (Å²) < 4.78 is 12.6. The fourth-order valence-corrected chi connectivity index (χ4v) is 1.68. The number of rotatable bonds is 2. The van der Waals surface area contributed by atoms with Crippen LogP contribution in [0.1, 0.15) is 18.4 Å². The maximum atomic E-state index is 12.6. The quantitative estimate of drug-likeness (QED) is 0.757. The van der Waals surface area contributed by atoms with Crippen LogP contribution in [0.4, 0.5) is 4.39 Å². The summed E-state index contributed by atoms with van der Waals surface area (Å²) in [6, 6.07) is 7.06. The van der Waals surface area contributed by atoms with Crippen LogP contribution in [0.5, 0.6) is 0 Å². The number of hydrogen-bond acceptors (Lipinski definition) is 1. The Morgan fingerprint density at radius 2 is 2.07 bits per heavy atom. The molecular weight excluding hydrogens is 177 g/mol. The standard InChI is InChI=1S/C12H14FN/c13-11-6-3-10(4-7-11)5-8-12-2-1-9-14-12/h3-8,12,14H,1-2,9H2/b8-5+/t12-/m1/s1. The van der Waals surface area contributed by atoms with E-state index in [-0.39, 0.29) is 5.82 Å². The van der Waals surface area contributed by atoms with Crippen molar-refractivity contribution in [2.45, 2.75) is 18.9 Å². The lowest BCUT2D eigenvalue weighted by Gasteiger charge is -2.01. The molecule has 0 radical (unpaired) electrons. The second-order valence-electron chi connectivity index (χ2n) is 3.61. The Labute approximate surface area is 83.6 Å². The van der Waals surface area contributed by atoms with Gasteiger partial charge in [0.05, 0.1) is 0 Å². The van der Waals surface area contributed by atoms with Crippen LogP contribution in [0.2, 0.25) is 0 Å². The molecule has 1 heterocycles. The Kier molecular flexibility index (Phi) is 2.94. The van der Waals surface area contributed by atoms with Gasteiger partial charge in [0.2, 0.25) is 0 Å². The van der Waals surface area contributed by atoms with Gasteiger partial charge in [0.25, 0.3) is 0 Å². The molecule has 14 heavy (non-hydrogen) atoms. The van der Waals surface area contributed by atoms with E-state index in [9.17, 15) is 4.39 Å². The summed E-state index contributed by atoms with van der Waals surface area (Å²) in [4.78, 5) is 0. The van der Waals surface area contributed by atoms with Crippen molar-refractivity contribution in [3.63, 3.8) is 0 Å². The van der Waals surface area contributed by atoms with E-state index in [1.165, 1.54) is 25.0 Å². The van der Waals surface area contributed by atoms with E-state index in [2.05, 4.69) is 11.4 Å². The zero-order valence-electron chi connectivity index (χ0n) is 8.04. The van der Waals surface area contributed by atoms with E-state index in [1.54, 1.807) is 12.1 Å². The number of nitrogens with one attached hydrogen (secondary N) is 1. The van der Waals surface area contributed by atoms with Crippen LogP contribution in [-0.4, -0.2) is 12.6 Å². The van der Waals surface area contributed by atoms with E-state index in [4.69, 9.17) is 0 Å². The van der Waals surface area contributed by atoms with Gasteiger partial charge in [0, 0.05) is 6.04 Å². The third-order valence-corrected chi connectivity index (χ3v) is 2.49. The molecule has 1 atom stereocenters. The molecule has 1 aromatic carbocycles. The van der Waals surface area contributed by atoms with Crippen LogP contribution in [0.15, 0.2) is 30.3 Å². The second-order valence-corrected chi connectivity index (χ2v) is 3.61. The van der Waals surface area contributed by atoms with Gasteiger partial charge in [-0.25, -0.2) is 4.39 Å². The molecule has 1 aliphatic heterocycles. The second kappa shape index (κ2) is 4.38. The molecule has 0 aromatic heterocycles. The zero-order valence-corrected chi connectivity index (χ0v) is 8.04. The van der Waals surface area contributed by atoms with Crippen LogP contribution in [0.3, 0.4) is 0 Å². The number of hydrogen-bond donors (Lipinski definition) is 1. The van der Waals surface area contributed by atoms with Crippen molar-refractivity contribution < 1.29 is 4.39 Å². The summed E-state index contributed by atoms with van der Waals surface area (Å²) in [5.74, 6) is -0.179. The van der Waals surface area contributed by atoms with E-state index in [0.29, 0.717) is 6.04 Å².